The first kappa shape index (κ1) is 8.94. The molecule has 0 N–H and O–H groups in total. The van der Waals surface area contributed by atoms with Crippen LogP contribution in [0.25, 0.3) is 5.69 Å². The fourth-order valence-electron chi connectivity index (χ4n) is 1.38. The second-order valence-electron chi connectivity index (χ2n) is 3.24. The summed E-state index contributed by atoms with van der Waals surface area (Å²) in [6.07, 6.45) is 4.08. The minimum absolute atomic E-state index is 0.993. The van der Waals surface area contributed by atoms with Gasteiger partial charge >= 0.3 is 0 Å². The van der Waals surface area contributed by atoms with E-state index in [4.69, 9.17) is 0 Å². The van der Waals surface area contributed by atoms with E-state index in [0.717, 1.165) is 24.2 Å². The number of hydrogen-bond acceptors (Lipinski definition) is 2. The highest BCUT2D eigenvalue weighted by molar-refractivity contribution is 5.29. The maximum absolute atomic E-state index is 4.10. The highest BCUT2D eigenvalue weighted by Crippen LogP contribution is 2.06. The van der Waals surface area contributed by atoms with Crippen molar-refractivity contribution < 1.29 is 0 Å². The maximum atomic E-state index is 4.10. The quantitative estimate of drug-likeness (QED) is 0.737. The lowest BCUT2D eigenvalue weighted by atomic mass is 10.3. The summed E-state index contributed by atoms with van der Waals surface area (Å²) in [4.78, 5) is 0. The molecule has 72 valence electrons. The third-order valence-corrected chi connectivity index (χ3v) is 2.07. The molecule has 0 aliphatic heterocycles. The SMILES string of the molecule is CCCc1cn(-c2ccccc2)nn1. The van der Waals surface area contributed by atoms with Crippen LogP contribution in [0.1, 0.15) is 19.0 Å². The zero-order valence-electron chi connectivity index (χ0n) is 8.22. The molecule has 2 rings (SSSR count). The molecule has 1 aromatic heterocycles. The number of benzene rings is 1. The first-order valence-electron chi connectivity index (χ1n) is 4.87. The van der Waals surface area contributed by atoms with Gasteiger partial charge in [-0.15, -0.1) is 5.10 Å². The molecule has 0 saturated heterocycles. The van der Waals surface area contributed by atoms with Crippen LogP contribution in [0.15, 0.2) is 36.5 Å². The summed E-state index contributed by atoms with van der Waals surface area (Å²) in [5.41, 5.74) is 2.11. The Hall–Kier alpha value is -1.64. The summed E-state index contributed by atoms with van der Waals surface area (Å²) in [6.45, 7) is 2.14. The van der Waals surface area contributed by atoms with Crippen molar-refractivity contribution in [2.24, 2.45) is 0 Å². The predicted octanol–water partition coefficient (Wildman–Crippen LogP) is 2.22. The van der Waals surface area contributed by atoms with Gasteiger partial charge in [-0.3, -0.25) is 0 Å². The molecule has 0 aliphatic carbocycles. The van der Waals surface area contributed by atoms with Crippen molar-refractivity contribution in [1.82, 2.24) is 15.0 Å². The lowest BCUT2D eigenvalue weighted by molar-refractivity contribution is 0.791. The third-order valence-electron chi connectivity index (χ3n) is 2.07. The summed E-state index contributed by atoms with van der Waals surface area (Å²) in [6, 6.07) is 10.0. The van der Waals surface area contributed by atoms with Gasteiger partial charge in [0.05, 0.1) is 17.6 Å². The van der Waals surface area contributed by atoms with Crippen LogP contribution in [0, 0.1) is 0 Å². The van der Waals surface area contributed by atoms with Crippen LogP contribution >= 0.6 is 0 Å². The average molecular weight is 187 g/mol. The van der Waals surface area contributed by atoms with Crippen molar-refractivity contribution in [2.45, 2.75) is 19.8 Å². The molecule has 0 saturated carbocycles. The van der Waals surface area contributed by atoms with E-state index in [2.05, 4.69) is 17.2 Å². The molecule has 0 fully saturated rings. The van der Waals surface area contributed by atoms with Gasteiger partial charge in [-0.2, -0.15) is 0 Å². The van der Waals surface area contributed by atoms with Gasteiger partial charge in [0.1, 0.15) is 0 Å². The Balaban J connectivity index is 2.25. The topological polar surface area (TPSA) is 30.7 Å². The number of aryl methyl sites for hydroxylation is 1. The lowest BCUT2D eigenvalue weighted by Crippen LogP contribution is -1.93. The van der Waals surface area contributed by atoms with Gasteiger partial charge in [-0.25, -0.2) is 4.68 Å². The molecule has 1 heterocycles. The van der Waals surface area contributed by atoms with Crippen LogP contribution in [0.5, 0.6) is 0 Å². The molecule has 14 heavy (non-hydrogen) atoms. The minimum Gasteiger partial charge on any atom is -0.220 e. The highest BCUT2D eigenvalue weighted by Gasteiger charge is 2.00. The van der Waals surface area contributed by atoms with Gasteiger partial charge in [0.25, 0.3) is 0 Å². The van der Waals surface area contributed by atoms with E-state index in [1.807, 2.05) is 41.2 Å². The standard InChI is InChI=1S/C11H13N3/c1-2-6-10-9-14(13-12-10)11-7-4-3-5-8-11/h3-5,7-9H,2,6H2,1H3. The van der Waals surface area contributed by atoms with E-state index in [1.54, 1.807) is 0 Å². The van der Waals surface area contributed by atoms with E-state index in [1.165, 1.54) is 0 Å². The van der Waals surface area contributed by atoms with Crippen LogP contribution in [0.3, 0.4) is 0 Å². The van der Waals surface area contributed by atoms with Gasteiger partial charge in [-0.05, 0) is 18.6 Å². The molecule has 3 nitrogen and oxygen atoms in total. The molecule has 3 heteroatoms. The number of para-hydroxylation sites is 1. The van der Waals surface area contributed by atoms with Crippen LogP contribution in [-0.2, 0) is 6.42 Å². The normalized spacial score (nSPS) is 10.4. The zero-order valence-corrected chi connectivity index (χ0v) is 8.22. The third kappa shape index (κ3) is 1.82. The molecule has 1 aromatic carbocycles. The molecule has 0 bridgehead atoms. The summed E-state index contributed by atoms with van der Waals surface area (Å²) < 4.78 is 1.81. The molecule has 0 aliphatic rings. The number of rotatable bonds is 3. The Morgan fingerprint density at radius 2 is 2.00 bits per heavy atom. The van der Waals surface area contributed by atoms with Crippen LogP contribution in [0.4, 0.5) is 0 Å². The second-order valence-corrected chi connectivity index (χ2v) is 3.24. The van der Waals surface area contributed by atoms with E-state index in [0.29, 0.717) is 0 Å². The monoisotopic (exact) mass is 187 g/mol. The first-order valence-corrected chi connectivity index (χ1v) is 4.87. The second kappa shape index (κ2) is 4.05. The Bertz CT molecular complexity index is 392. The van der Waals surface area contributed by atoms with E-state index in [9.17, 15) is 0 Å². The van der Waals surface area contributed by atoms with Gasteiger partial charge in [-0.1, -0.05) is 36.8 Å². The predicted molar refractivity (Wildman–Crippen MR) is 55.4 cm³/mol. The fraction of sp³-hybridized carbons (Fsp3) is 0.273. The Kier molecular flexibility index (Phi) is 2.58. The Labute approximate surface area is 83.4 Å². The van der Waals surface area contributed by atoms with Crippen molar-refractivity contribution in [3.63, 3.8) is 0 Å². The molecule has 0 atom stereocenters. The summed E-state index contributed by atoms with van der Waals surface area (Å²) in [5.74, 6) is 0. The van der Waals surface area contributed by atoms with Crippen molar-refractivity contribution in [1.29, 1.82) is 0 Å². The van der Waals surface area contributed by atoms with Crippen molar-refractivity contribution >= 4 is 0 Å². The summed E-state index contributed by atoms with van der Waals surface area (Å²) >= 11 is 0. The lowest BCUT2D eigenvalue weighted by Gasteiger charge is -1.96. The van der Waals surface area contributed by atoms with Crippen molar-refractivity contribution in [2.75, 3.05) is 0 Å². The molecule has 2 aromatic rings. The van der Waals surface area contributed by atoms with E-state index in [-0.39, 0.29) is 0 Å². The minimum atomic E-state index is 0.993. The molecule has 0 unspecified atom stereocenters. The molecular formula is C11H13N3. The van der Waals surface area contributed by atoms with Crippen molar-refractivity contribution in [3.05, 3.63) is 42.2 Å². The molecule has 0 spiro atoms. The smallest absolute Gasteiger partial charge is 0.0831 e. The zero-order chi connectivity index (χ0) is 9.80. The number of aromatic nitrogens is 3. The Morgan fingerprint density at radius 3 is 2.71 bits per heavy atom. The van der Waals surface area contributed by atoms with Crippen LogP contribution < -0.4 is 0 Å². The number of nitrogens with zero attached hydrogens (tertiary/aromatic N) is 3. The maximum Gasteiger partial charge on any atom is 0.0831 e. The number of hydrogen-bond donors (Lipinski definition) is 0. The average Bonchev–Trinajstić information content (AvgIpc) is 2.68. The van der Waals surface area contributed by atoms with Gasteiger partial charge in [0, 0.05) is 0 Å². The molecular weight excluding hydrogens is 174 g/mol. The summed E-state index contributed by atoms with van der Waals surface area (Å²) in [7, 11) is 0. The van der Waals surface area contributed by atoms with Gasteiger partial charge in [0.2, 0.25) is 0 Å². The van der Waals surface area contributed by atoms with Gasteiger partial charge < -0.3 is 0 Å². The first-order chi connectivity index (χ1) is 6.90. The van der Waals surface area contributed by atoms with Crippen LogP contribution in [-0.4, -0.2) is 15.0 Å². The Morgan fingerprint density at radius 1 is 1.21 bits per heavy atom. The summed E-state index contributed by atoms with van der Waals surface area (Å²) in [5, 5.41) is 8.17. The largest absolute Gasteiger partial charge is 0.220 e. The fourth-order valence-corrected chi connectivity index (χ4v) is 1.38. The van der Waals surface area contributed by atoms with Crippen LogP contribution in [0.2, 0.25) is 0 Å². The van der Waals surface area contributed by atoms with Crippen molar-refractivity contribution in [3.8, 4) is 5.69 Å². The molecule has 0 amide bonds. The van der Waals surface area contributed by atoms with Gasteiger partial charge in [0.15, 0.2) is 0 Å². The van der Waals surface area contributed by atoms with E-state index >= 15 is 0 Å². The highest BCUT2D eigenvalue weighted by atomic mass is 15.4. The van der Waals surface area contributed by atoms with E-state index < -0.39 is 0 Å². The molecule has 0 radical (unpaired) electrons.